The number of H-pyrrole nitrogens is 1. The number of carbonyl (C=O) groups is 2. The third-order valence-electron chi connectivity index (χ3n) is 7.82. The van der Waals surface area contributed by atoms with E-state index in [9.17, 15) is 27.9 Å². The van der Waals surface area contributed by atoms with E-state index in [1.54, 1.807) is 31.9 Å². The summed E-state index contributed by atoms with van der Waals surface area (Å²) in [6.07, 6.45) is -1.80. The number of pyridine rings is 1. The van der Waals surface area contributed by atoms with E-state index in [2.05, 4.69) is 9.97 Å². The molecule has 1 fully saturated rings. The van der Waals surface area contributed by atoms with Crippen LogP contribution in [-0.2, 0) is 27.2 Å². The molecule has 226 valence electrons. The lowest BCUT2D eigenvalue weighted by Gasteiger charge is -2.40. The van der Waals surface area contributed by atoms with Gasteiger partial charge in [-0.15, -0.1) is 0 Å². The number of carbonyl (C=O) groups excluding carboxylic acids is 2. The first kappa shape index (κ1) is 29.8. The average molecular weight is 589 g/mol. The highest BCUT2D eigenvalue weighted by Crippen LogP contribution is 2.39. The van der Waals surface area contributed by atoms with Crippen molar-refractivity contribution in [2.75, 3.05) is 26.3 Å². The molecule has 0 saturated carbocycles. The van der Waals surface area contributed by atoms with Crippen LogP contribution in [0.15, 0.2) is 30.6 Å². The standard InChI is InChI=1S/C30H35F3N4O5/c1-17-13-34-25-21(17)12-20(14-35-25)19-10-18-6-7-36(26(38)29(5,40)30(31,32)33)15-23(18)22(11-19)24-16-41-9-8-37(24)27(39)42-28(2,3)4/h10-14,24,40H,6-9,15-16H2,1-5H3,(H,34,35)/t24?,29-/m0/s1. The van der Waals surface area contributed by atoms with E-state index in [1.807, 2.05) is 31.3 Å². The molecule has 2 aliphatic rings. The van der Waals surface area contributed by atoms with Crippen LogP contribution in [0.5, 0.6) is 0 Å². The van der Waals surface area contributed by atoms with E-state index >= 15 is 0 Å². The molecular formula is C30H35F3N4O5. The third-order valence-corrected chi connectivity index (χ3v) is 7.82. The maximum absolute atomic E-state index is 13.6. The number of nitrogens with zero attached hydrogens (tertiary/aromatic N) is 3. The van der Waals surface area contributed by atoms with Gasteiger partial charge in [0.2, 0.25) is 5.60 Å². The summed E-state index contributed by atoms with van der Waals surface area (Å²) in [5, 5.41) is 11.1. The first-order valence-electron chi connectivity index (χ1n) is 13.8. The predicted octanol–water partition coefficient (Wildman–Crippen LogP) is 5.04. The molecule has 5 rings (SSSR count). The molecule has 3 aromatic rings. The van der Waals surface area contributed by atoms with Crippen LogP contribution in [0.25, 0.3) is 22.2 Å². The summed E-state index contributed by atoms with van der Waals surface area (Å²) < 4.78 is 52.1. The molecule has 42 heavy (non-hydrogen) atoms. The van der Waals surface area contributed by atoms with Crippen molar-refractivity contribution in [3.8, 4) is 11.1 Å². The maximum atomic E-state index is 13.6. The molecule has 1 saturated heterocycles. The topological polar surface area (TPSA) is 108 Å². The van der Waals surface area contributed by atoms with Gasteiger partial charge in [-0.2, -0.15) is 13.2 Å². The normalized spacial score (nSPS) is 19.4. The number of fused-ring (bicyclic) bond motifs is 2. The molecule has 1 unspecified atom stereocenters. The second-order valence-corrected chi connectivity index (χ2v) is 12.1. The van der Waals surface area contributed by atoms with Gasteiger partial charge >= 0.3 is 12.3 Å². The maximum Gasteiger partial charge on any atom is 0.426 e. The zero-order valence-electron chi connectivity index (χ0n) is 24.3. The fourth-order valence-corrected chi connectivity index (χ4v) is 5.46. The summed E-state index contributed by atoms with van der Waals surface area (Å²) in [7, 11) is 0. The van der Waals surface area contributed by atoms with Gasteiger partial charge in [0.05, 0.1) is 19.3 Å². The first-order valence-corrected chi connectivity index (χ1v) is 13.8. The van der Waals surface area contributed by atoms with E-state index in [-0.39, 0.29) is 32.7 Å². The number of aromatic amines is 1. The molecule has 2 aromatic heterocycles. The van der Waals surface area contributed by atoms with Gasteiger partial charge in [0.15, 0.2) is 0 Å². The van der Waals surface area contributed by atoms with Crippen molar-refractivity contribution in [1.29, 1.82) is 0 Å². The Morgan fingerprint density at radius 2 is 1.86 bits per heavy atom. The summed E-state index contributed by atoms with van der Waals surface area (Å²) >= 11 is 0. The lowest BCUT2D eigenvalue weighted by molar-refractivity contribution is -0.250. The summed E-state index contributed by atoms with van der Waals surface area (Å²) in [4.78, 5) is 36.5. The van der Waals surface area contributed by atoms with Crippen LogP contribution in [-0.4, -0.2) is 80.6 Å². The Kier molecular flexibility index (Phi) is 7.51. The molecule has 0 aliphatic carbocycles. The zero-order chi connectivity index (χ0) is 30.6. The Morgan fingerprint density at radius 1 is 1.12 bits per heavy atom. The monoisotopic (exact) mass is 588 g/mol. The number of aliphatic hydroxyl groups is 1. The second kappa shape index (κ2) is 10.6. The molecule has 9 nitrogen and oxygen atoms in total. The number of aromatic nitrogens is 2. The number of rotatable bonds is 3. The number of amides is 2. The fourth-order valence-electron chi connectivity index (χ4n) is 5.46. The van der Waals surface area contributed by atoms with Gasteiger partial charge < -0.3 is 24.5 Å². The smallest absolute Gasteiger partial charge is 0.426 e. The summed E-state index contributed by atoms with van der Waals surface area (Å²) in [5.41, 5.74) is 1.23. The Bertz CT molecular complexity index is 1530. The number of nitrogens with one attached hydrogen (secondary N) is 1. The molecule has 2 atom stereocenters. The Morgan fingerprint density at radius 3 is 2.55 bits per heavy atom. The second-order valence-electron chi connectivity index (χ2n) is 12.1. The molecule has 0 bridgehead atoms. The van der Waals surface area contributed by atoms with Gasteiger partial charge in [-0.05, 0) is 81.0 Å². The third kappa shape index (κ3) is 5.57. The highest BCUT2D eigenvalue weighted by Gasteiger charge is 2.57. The zero-order valence-corrected chi connectivity index (χ0v) is 24.3. The predicted molar refractivity (Wildman–Crippen MR) is 149 cm³/mol. The average Bonchev–Trinajstić information content (AvgIpc) is 3.30. The minimum Gasteiger partial charge on any atom is -0.444 e. The SMILES string of the molecule is Cc1c[nH]c2ncc(-c3cc4c(c(C5COCCN5C(=O)OC(C)(C)C)c3)CN(C(=O)[C@](C)(O)C(F)(F)F)CC4)cc12. The van der Waals surface area contributed by atoms with Crippen molar-refractivity contribution >= 4 is 23.0 Å². The quantitative estimate of drug-likeness (QED) is 0.444. The molecule has 4 heterocycles. The molecule has 0 spiro atoms. The molecule has 12 heteroatoms. The van der Waals surface area contributed by atoms with Crippen LogP contribution in [0, 0.1) is 6.92 Å². The number of morpholine rings is 1. The van der Waals surface area contributed by atoms with Crippen LogP contribution in [0.3, 0.4) is 0 Å². The number of benzene rings is 1. The van der Waals surface area contributed by atoms with Crippen molar-refractivity contribution in [3.05, 3.63) is 52.8 Å². The summed E-state index contributed by atoms with van der Waals surface area (Å²) in [5.74, 6) is -1.42. The van der Waals surface area contributed by atoms with E-state index in [0.29, 0.717) is 24.7 Å². The van der Waals surface area contributed by atoms with Crippen LogP contribution >= 0.6 is 0 Å². The molecule has 2 N–H and O–H groups in total. The van der Waals surface area contributed by atoms with Crippen LogP contribution in [0.2, 0.25) is 0 Å². The van der Waals surface area contributed by atoms with E-state index in [1.165, 1.54) is 0 Å². The van der Waals surface area contributed by atoms with Crippen molar-refractivity contribution in [3.63, 3.8) is 0 Å². The van der Waals surface area contributed by atoms with Crippen LogP contribution < -0.4 is 0 Å². The first-order chi connectivity index (χ1) is 19.6. The molecule has 2 aliphatic heterocycles. The van der Waals surface area contributed by atoms with Crippen molar-refractivity contribution in [2.24, 2.45) is 0 Å². The van der Waals surface area contributed by atoms with Crippen molar-refractivity contribution in [2.45, 2.75) is 71.0 Å². The molecule has 2 amide bonds. The summed E-state index contributed by atoms with van der Waals surface area (Å²) in [6, 6.07) is 5.23. The Labute approximate surface area is 241 Å². The van der Waals surface area contributed by atoms with Crippen LogP contribution in [0.4, 0.5) is 18.0 Å². The van der Waals surface area contributed by atoms with Gasteiger partial charge in [-0.25, -0.2) is 9.78 Å². The van der Waals surface area contributed by atoms with Crippen molar-refractivity contribution < 1.29 is 37.3 Å². The minimum absolute atomic E-state index is 0.00783. The highest BCUT2D eigenvalue weighted by molar-refractivity contribution is 5.86. The molecule has 1 aromatic carbocycles. The van der Waals surface area contributed by atoms with Gasteiger partial charge in [0.1, 0.15) is 11.2 Å². The van der Waals surface area contributed by atoms with E-state index < -0.39 is 35.4 Å². The van der Waals surface area contributed by atoms with E-state index in [4.69, 9.17) is 9.47 Å². The van der Waals surface area contributed by atoms with Gasteiger partial charge in [0, 0.05) is 43.0 Å². The van der Waals surface area contributed by atoms with Gasteiger partial charge in [0.25, 0.3) is 5.91 Å². The number of hydrogen-bond acceptors (Lipinski definition) is 6. The number of alkyl halides is 3. The summed E-state index contributed by atoms with van der Waals surface area (Å²) in [6.45, 7) is 8.26. The molecular weight excluding hydrogens is 553 g/mol. The Hall–Kier alpha value is -3.64. The molecule has 0 radical (unpaired) electrons. The largest absolute Gasteiger partial charge is 0.444 e. The number of halogens is 3. The van der Waals surface area contributed by atoms with Gasteiger partial charge in [-0.3, -0.25) is 9.69 Å². The lowest BCUT2D eigenvalue weighted by atomic mass is 9.86. The van der Waals surface area contributed by atoms with Gasteiger partial charge in [-0.1, -0.05) is 6.07 Å². The van der Waals surface area contributed by atoms with E-state index in [0.717, 1.165) is 38.2 Å². The van der Waals surface area contributed by atoms with Crippen molar-refractivity contribution in [1.82, 2.24) is 19.8 Å². The fraction of sp³-hybridized carbons (Fsp3) is 0.500. The van der Waals surface area contributed by atoms with Crippen LogP contribution in [0.1, 0.15) is 56.0 Å². The highest BCUT2D eigenvalue weighted by atomic mass is 19.4. The lowest BCUT2D eigenvalue weighted by Crippen LogP contribution is -2.57. The number of hydrogen-bond donors (Lipinski definition) is 2. The minimum atomic E-state index is -5.14. The number of ether oxygens (including phenoxy) is 2. The Balaban J connectivity index is 1.61. The number of aryl methyl sites for hydroxylation is 1.